The normalized spacial score (nSPS) is 8.75. The molecule has 0 unspecified atom stereocenters. The number of hydrogen-bond acceptors (Lipinski definition) is 1. The number of nitrogen functional groups attached to an aromatic ring is 1. The van der Waals surface area contributed by atoms with Crippen molar-refractivity contribution in [2.75, 3.05) is 5.73 Å². The molecule has 0 radical (unpaired) electrons. The first-order valence-corrected chi connectivity index (χ1v) is 4.30. The molecule has 68 valence electrons. The van der Waals surface area contributed by atoms with Crippen LogP contribution in [0.3, 0.4) is 0 Å². The van der Waals surface area contributed by atoms with Crippen LogP contribution in [-0.2, 0) is 0 Å². The summed E-state index contributed by atoms with van der Waals surface area (Å²) in [6.45, 7) is 4.00. The van der Waals surface area contributed by atoms with Gasteiger partial charge in [0, 0.05) is 4.47 Å². The molecule has 0 saturated heterocycles. The Labute approximate surface area is 78.7 Å². The third-order valence-corrected chi connectivity index (χ3v) is 1.50. The quantitative estimate of drug-likeness (QED) is 0.689. The van der Waals surface area contributed by atoms with E-state index in [1.165, 1.54) is 0 Å². The van der Waals surface area contributed by atoms with Gasteiger partial charge in [-0.3, -0.25) is 0 Å². The van der Waals surface area contributed by atoms with E-state index in [2.05, 4.69) is 15.9 Å². The molecule has 1 rings (SSSR count). The summed E-state index contributed by atoms with van der Waals surface area (Å²) in [6.07, 6.45) is 0. The highest BCUT2D eigenvalue weighted by molar-refractivity contribution is 9.10. The maximum atomic E-state index is 12.4. The van der Waals surface area contributed by atoms with Gasteiger partial charge in [0.15, 0.2) is 0 Å². The molecule has 0 amide bonds. The minimum Gasteiger partial charge on any atom is -0.394 e. The van der Waals surface area contributed by atoms with Gasteiger partial charge in [0.25, 0.3) is 0 Å². The average Bonchev–Trinajstić information content (AvgIpc) is 2.04. The summed E-state index contributed by atoms with van der Waals surface area (Å²) in [7, 11) is 0. The summed E-state index contributed by atoms with van der Waals surface area (Å²) in [5.41, 5.74) is 4.54. The van der Waals surface area contributed by atoms with Crippen molar-refractivity contribution in [2.45, 2.75) is 13.8 Å². The second kappa shape index (κ2) is 5.09. The van der Waals surface area contributed by atoms with Gasteiger partial charge in [-0.25, -0.2) is 8.78 Å². The Morgan fingerprint density at radius 1 is 1.17 bits per heavy atom. The van der Waals surface area contributed by atoms with Gasteiger partial charge < -0.3 is 5.73 Å². The van der Waals surface area contributed by atoms with Crippen LogP contribution in [0.15, 0.2) is 16.6 Å². The molecule has 0 aliphatic heterocycles. The highest BCUT2D eigenvalue weighted by Crippen LogP contribution is 2.20. The summed E-state index contributed by atoms with van der Waals surface area (Å²) in [5.74, 6) is -1.49. The minimum atomic E-state index is -0.744. The second-order valence-corrected chi connectivity index (χ2v) is 2.70. The summed E-state index contributed by atoms with van der Waals surface area (Å²) in [5, 5.41) is 0. The highest BCUT2D eigenvalue weighted by atomic mass is 79.9. The fraction of sp³-hybridized carbons (Fsp3) is 0.250. The lowest BCUT2D eigenvalue weighted by Gasteiger charge is -1.97. The van der Waals surface area contributed by atoms with E-state index in [0.29, 0.717) is 4.47 Å². The fourth-order valence-electron chi connectivity index (χ4n) is 0.553. The lowest BCUT2D eigenvalue weighted by Crippen LogP contribution is -1.94. The maximum absolute atomic E-state index is 12.4. The Hall–Kier alpha value is -0.640. The standard InChI is InChI=1S/C6H4BrF2N.C2H6/c7-3-1-4(8)6(10)5(9)2-3;1-2/h1-2H,10H2;1-2H3. The zero-order valence-electron chi connectivity index (χ0n) is 6.87. The van der Waals surface area contributed by atoms with Gasteiger partial charge in [-0.05, 0) is 12.1 Å². The number of benzene rings is 1. The van der Waals surface area contributed by atoms with E-state index >= 15 is 0 Å². The molecule has 4 heteroatoms. The van der Waals surface area contributed by atoms with Gasteiger partial charge in [-0.1, -0.05) is 29.8 Å². The third-order valence-electron chi connectivity index (χ3n) is 1.04. The van der Waals surface area contributed by atoms with E-state index in [1.807, 2.05) is 13.8 Å². The van der Waals surface area contributed by atoms with Gasteiger partial charge in [0.2, 0.25) is 0 Å². The molecule has 1 aromatic rings. The Balaban J connectivity index is 0.000000561. The first-order chi connectivity index (χ1) is 5.61. The first kappa shape index (κ1) is 11.4. The number of hydrogen-bond donors (Lipinski definition) is 1. The molecule has 1 nitrogen and oxygen atoms in total. The zero-order chi connectivity index (χ0) is 9.72. The van der Waals surface area contributed by atoms with Crippen molar-refractivity contribution in [1.29, 1.82) is 0 Å². The predicted octanol–water partition coefficient (Wildman–Crippen LogP) is 3.34. The molecule has 0 aromatic heterocycles. The number of nitrogens with two attached hydrogens (primary N) is 1. The number of halogens is 3. The van der Waals surface area contributed by atoms with Crippen molar-refractivity contribution in [3.63, 3.8) is 0 Å². The van der Waals surface area contributed by atoms with E-state index in [9.17, 15) is 8.78 Å². The Kier molecular flexibility index (Phi) is 4.81. The second-order valence-electron chi connectivity index (χ2n) is 1.78. The smallest absolute Gasteiger partial charge is 0.150 e. The van der Waals surface area contributed by atoms with Crippen LogP contribution in [0.2, 0.25) is 0 Å². The van der Waals surface area contributed by atoms with Crippen LogP contribution in [0.4, 0.5) is 14.5 Å². The van der Waals surface area contributed by atoms with Gasteiger partial charge in [0.05, 0.1) is 0 Å². The molecule has 0 atom stereocenters. The third kappa shape index (κ3) is 2.77. The highest BCUT2D eigenvalue weighted by Gasteiger charge is 2.04. The topological polar surface area (TPSA) is 26.0 Å². The monoisotopic (exact) mass is 237 g/mol. The summed E-state index contributed by atoms with van der Waals surface area (Å²) >= 11 is 2.91. The van der Waals surface area contributed by atoms with Crippen LogP contribution in [0, 0.1) is 11.6 Å². The Morgan fingerprint density at radius 2 is 1.50 bits per heavy atom. The van der Waals surface area contributed by atoms with Crippen molar-refractivity contribution in [3.8, 4) is 0 Å². The summed E-state index contributed by atoms with van der Waals surface area (Å²) in [4.78, 5) is 0. The van der Waals surface area contributed by atoms with E-state index in [1.54, 1.807) is 0 Å². The molecule has 0 spiro atoms. The maximum Gasteiger partial charge on any atom is 0.150 e. The first-order valence-electron chi connectivity index (χ1n) is 3.51. The largest absolute Gasteiger partial charge is 0.394 e. The van der Waals surface area contributed by atoms with Gasteiger partial charge in [-0.15, -0.1) is 0 Å². The molecule has 2 N–H and O–H groups in total. The fourth-order valence-corrected chi connectivity index (χ4v) is 0.955. The molecule has 0 aliphatic rings. The van der Waals surface area contributed by atoms with Crippen LogP contribution in [0.25, 0.3) is 0 Å². The van der Waals surface area contributed by atoms with Gasteiger partial charge in [-0.2, -0.15) is 0 Å². The molecular formula is C8H10BrF2N. The zero-order valence-corrected chi connectivity index (χ0v) is 8.45. The molecule has 1 aromatic carbocycles. The molecule has 0 saturated carbocycles. The minimum absolute atomic E-state index is 0.344. The molecule has 0 fully saturated rings. The van der Waals surface area contributed by atoms with Crippen LogP contribution in [-0.4, -0.2) is 0 Å². The molecule has 12 heavy (non-hydrogen) atoms. The lowest BCUT2D eigenvalue weighted by atomic mass is 10.3. The molecule has 0 aliphatic carbocycles. The van der Waals surface area contributed by atoms with Gasteiger partial charge >= 0.3 is 0 Å². The summed E-state index contributed by atoms with van der Waals surface area (Å²) in [6, 6.07) is 2.22. The van der Waals surface area contributed by atoms with Crippen LogP contribution in [0.1, 0.15) is 13.8 Å². The summed E-state index contributed by atoms with van der Waals surface area (Å²) < 4.78 is 25.2. The molecule has 0 bridgehead atoms. The van der Waals surface area contributed by atoms with Crippen molar-refractivity contribution in [1.82, 2.24) is 0 Å². The number of anilines is 1. The van der Waals surface area contributed by atoms with Crippen molar-refractivity contribution >= 4 is 21.6 Å². The van der Waals surface area contributed by atoms with Crippen LogP contribution < -0.4 is 5.73 Å². The van der Waals surface area contributed by atoms with Crippen molar-refractivity contribution in [3.05, 3.63) is 28.2 Å². The van der Waals surface area contributed by atoms with Gasteiger partial charge in [0.1, 0.15) is 17.3 Å². The average molecular weight is 238 g/mol. The lowest BCUT2D eigenvalue weighted by molar-refractivity contribution is 0.590. The number of rotatable bonds is 0. The molecular weight excluding hydrogens is 228 g/mol. The van der Waals surface area contributed by atoms with Crippen LogP contribution in [0.5, 0.6) is 0 Å². The SMILES string of the molecule is CC.Nc1c(F)cc(Br)cc1F. The predicted molar refractivity (Wildman–Crippen MR) is 49.8 cm³/mol. The van der Waals surface area contributed by atoms with E-state index < -0.39 is 17.3 Å². The Bertz CT molecular complexity index is 240. The van der Waals surface area contributed by atoms with Crippen molar-refractivity contribution in [2.24, 2.45) is 0 Å². The van der Waals surface area contributed by atoms with Crippen molar-refractivity contribution < 1.29 is 8.78 Å². The van der Waals surface area contributed by atoms with E-state index in [-0.39, 0.29) is 0 Å². The Morgan fingerprint density at radius 3 is 1.83 bits per heavy atom. The van der Waals surface area contributed by atoms with E-state index in [4.69, 9.17) is 5.73 Å². The van der Waals surface area contributed by atoms with E-state index in [0.717, 1.165) is 12.1 Å². The molecule has 0 heterocycles. The van der Waals surface area contributed by atoms with Crippen LogP contribution >= 0.6 is 15.9 Å².